The van der Waals surface area contributed by atoms with Crippen LogP contribution in [0.4, 0.5) is 13.2 Å². The minimum atomic E-state index is -4.86. The number of halogens is 4. The van der Waals surface area contributed by atoms with Crippen molar-refractivity contribution in [2.45, 2.75) is 6.36 Å². The lowest BCUT2D eigenvalue weighted by atomic mass is 10.1. The molecule has 3 nitrogen and oxygen atoms in total. The Bertz CT molecular complexity index is 479. The van der Waals surface area contributed by atoms with E-state index in [0.29, 0.717) is 0 Å². The largest absolute Gasteiger partial charge is 0.573 e. The van der Waals surface area contributed by atoms with Gasteiger partial charge in [0.2, 0.25) is 0 Å². The van der Waals surface area contributed by atoms with Gasteiger partial charge in [0.15, 0.2) is 5.78 Å². The number of carbonyl (C=O) groups is 1. The third-order valence-corrected chi connectivity index (χ3v) is 2.22. The van der Waals surface area contributed by atoms with Gasteiger partial charge < -0.3 is 4.74 Å². The van der Waals surface area contributed by atoms with Crippen molar-refractivity contribution in [1.29, 1.82) is 5.26 Å². The SMILES string of the molecule is N#Cc1cc(OC(F)(F)F)cc(C(=O)CBr)c1. The predicted molar refractivity (Wildman–Crippen MR) is 56.0 cm³/mol. The fourth-order valence-corrected chi connectivity index (χ4v) is 1.42. The summed E-state index contributed by atoms with van der Waals surface area (Å²) in [4.78, 5) is 11.3. The summed E-state index contributed by atoms with van der Waals surface area (Å²) in [5.74, 6) is -1.02. The second kappa shape index (κ2) is 5.19. The van der Waals surface area contributed by atoms with Gasteiger partial charge in [-0.05, 0) is 18.2 Å². The first-order valence-corrected chi connectivity index (χ1v) is 5.38. The molecular weight excluding hydrogens is 303 g/mol. The summed E-state index contributed by atoms with van der Waals surface area (Å²) >= 11 is 2.89. The lowest BCUT2D eigenvalue weighted by Crippen LogP contribution is -2.17. The van der Waals surface area contributed by atoms with Gasteiger partial charge in [0.05, 0.1) is 17.0 Å². The lowest BCUT2D eigenvalue weighted by Gasteiger charge is -2.10. The van der Waals surface area contributed by atoms with Crippen LogP contribution in [0.1, 0.15) is 15.9 Å². The molecule has 0 aliphatic heterocycles. The van der Waals surface area contributed by atoms with Gasteiger partial charge in [-0.15, -0.1) is 13.2 Å². The highest BCUT2D eigenvalue weighted by Crippen LogP contribution is 2.25. The van der Waals surface area contributed by atoms with Crippen molar-refractivity contribution in [3.63, 3.8) is 0 Å². The molecule has 0 radical (unpaired) electrons. The lowest BCUT2D eigenvalue weighted by molar-refractivity contribution is -0.274. The normalized spacial score (nSPS) is 10.8. The monoisotopic (exact) mass is 307 g/mol. The fraction of sp³-hybridized carbons (Fsp3) is 0.200. The number of hydrogen-bond acceptors (Lipinski definition) is 3. The Hall–Kier alpha value is -1.55. The van der Waals surface area contributed by atoms with E-state index in [4.69, 9.17) is 5.26 Å². The Morgan fingerprint density at radius 2 is 2.06 bits per heavy atom. The first-order chi connectivity index (χ1) is 7.85. The van der Waals surface area contributed by atoms with Gasteiger partial charge in [-0.3, -0.25) is 4.79 Å². The maximum atomic E-state index is 12.0. The zero-order valence-corrected chi connectivity index (χ0v) is 9.80. The number of ether oxygens (including phenoxy) is 1. The molecule has 0 N–H and O–H groups in total. The molecule has 0 fully saturated rings. The molecule has 0 aliphatic rings. The molecule has 1 aromatic carbocycles. The summed E-state index contributed by atoms with van der Waals surface area (Å²) in [5, 5.41) is 8.58. The Morgan fingerprint density at radius 3 is 2.53 bits per heavy atom. The number of nitriles is 1. The van der Waals surface area contributed by atoms with Crippen LogP contribution in [0.15, 0.2) is 18.2 Å². The van der Waals surface area contributed by atoms with E-state index in [1.54, 1.807) is 6.07 Å². The zero-order valence-electron chi connectivity index (χ0n) is 8.21. The van der Waals surface area contributed by atoms with Crippen molar-refractivity contribution >= 4 is 21.7 Å². The van der Waals surface area contributed by atoms with Crippen molar-refractivity contribution in [2.24, 2.45) is 0 Å². The third kappa shape index (κ3) is 4.07. The standard InChI is InChI=1S/C10H5BrF3NO2/c11-4-9(16)7-1-6(5-15)2-8(3-7)17-10(12,13)14/h1-3H,4H2. The maximum Gasteiger partial charge on any atom is 0.573 e. The first kappa shape index (κ1) is 13.5. The maximum absolute atomic E-state index is 12.0. The van der Waals surface area contributed by atoms with Gasteiger partial charge in [0.1, 0.15) is 5.75 Å². The minimum Gasteiger partial charge on any atom is -0.406 e. The van der Waals surface area contributed by atoms with E-state index in [2.05, 4.69) is 20.7 Å². The summed E-state index contributed by atoms with van der Waals surface area (Å²) in [7, 11) is 0. The number of nitrogens with zero attached hydrogens (tertiary/aromatic N) is 1. The van der Waals surface area contributed by atoms with Crippen LogP contribution in [0.5, 0.6) is 5.75 Å². The molecule has 0 amide bonds. The predicted octanol–water partition coefficient (Wildman–Crippen LogP) is 3.03. The second-order valence-electron chi connectivity index (χ2n) is 2.96. The smallest absolute Gasteiger partial charge is 0.406 e. The summed E-state index contributed by atoms with van der Waals surface area (Å²) in [6.45, 7) is 0. The zero-order chi connectivity index (χ0) is 13.1. The van der Waals surface area contributed by atoms with Crippen LogP contribution in [-0.4, -0.2) is 17.5 Å². The average Bonchev–Trinajstić information content (AvgIpc) is 2.25. The first-order valence-electron chi connectivity index (χ1n) is 4.26. The number of Topliss-reactive ketones (excluding diaryl/α,β-unsaturated/α-hetero) is 1. The summed E-state index contributed by atoms with van der Waals surface area (Å²) in [6, 6.07) is 4.72. The van der Waals surface area contributed by atoms with Gasteiger partial charge in [-0.1, -0.05) is 15.9 Å². The van der Waals surface area contributed by atoms with Crippen molar-refractivity contribution in [3.8, 4) is 11.8 Å². The Kier molecular flexibility index (Phi) is 4.12. The summed E-state index contributed by atoms with van der Waals surface area (Å²) < 4.78 is 39.6. The van der Waals surface area contributed by atoms with E-state index in [-0.39, 0.29) is 16.5 Å². The van der Waals surface area contributed by atoms with E-state index >= 15 is 0 Å². The van der Waals surface area contributed by atoms with Crippen molar-refractivity contribution < 1.29 is 22.7 Å². The summed E-state index contributed by atoms with van der Waals surface area (Å²) in [5.41, 5.74) is -0.0868. The molecule has 0 atom stereocenters. The van der Waals surface area contributed by atoms with Gasteiger partial charge >= 0.3 is 6.36 Å². The summed E-state index contributed by atoms with van der Waals surface area (Å²) in [6.07, 6.45) is -4.86. The molecule has 0 saturated carbocycles. The van der Waals surface area contributed by atoms with Gasteiger partial charge in [-0.2, -0.15) is 5.26 Å². The number of rotatable bonds is 3. The Labute approximate surface area is 103 Å². The molecule has 17 heavy (non-hydrogen) atoms. The molecule has 0 aromatic heterocycles. The number of hydrogen-bond donors (Lipinski definition) is 0. The van der Waals surface area contributed by atoms with E-state index in [9.17, 15) is 18.0 Å². The minimum absolute atomic E-state index is 0.0137. The molecule has 1 rings (SSSR count). The second-order valence-corrected chi connectivity index (χ2v) is 3.52. The van der Waals surface area contributed by atoms with E-state index in [1.807, 2.05) is 0 Å². The molecule has 0 heterocycles. The highest BCUT2D eigenvalue weighted by atomic mass is 79.9. The van der Waals surface area contributed by atoms with Crippen LogP contribution in [0, 0.1) is 11.3 Å². The number of ketones is 1. The molecule has 0 spiro atoms. The molecule has 0 unspecified atom stereocenters. The van der Waals surface area contributed by atoms with Crippen molar-refractivity contribution in [1.82, 2.24) is 0 Å². The van der Waals surface area contributed by atoms with Gasteiger partial charge in [-0.25, -0.2) is 0 Å². The van der Waals surface area contributed by atoms with Gasteiger partial charge in [0, 0.05) is 5.56 Å². The van der Waals surface area contributed by atoms with Crippen LogP contribution in [-0.2, 0) is 0 Å². The van der Waals surface area contributed by atoms with E-state index in [0.717, 1.165) is 12.1 Å². The Balaban J connectivity index is 3.15. The van der Waals surface area contributed by atoms with Crippen molar-refractivity contribution in [3.05, 3.63) is 29.3 Å². The fourth-order valence-electron chi connectivity index (χ4n) is 1.09. The van der Waals surface area contributed by atoms with Crippen LogP contribution in [0.2, 0.25) is 0 Å². The molecule has 0 bridgehead atoms. The molecule has 0 aliphatic carbocycles. The number of carbonyl (C=O) groups excluding carboxylic acids is 1. The topological polar surface area (TPSA) is 50.1 Å². The Morgan fingerprint density at radius 1 is 1.41 bits per heavy atom. The van der Waals surface area contributed by atoms with Crippen molar-refractivity contribution in [2.75, 3.05) is 5.33 Å². The molecule has 1 aromatic rings. The quantitative estimate of drug-likeness (QED) is 0.637. The van der Waals surface area contributed by atoms with Crippen LogP contribution < -0.4 is 4.74 Å². The highest BCUT2D eigenvalue weighted by molar-refractivity contribution is 9.09. The highest BCUT2D eigenvalue weighted by Gasteiger charge is 2.31. The van der Waals surface area contributed by atoms with Crippen LogP contribution >= 0.6 is 15.9 Å². The molecule has 90 valence electrons. The van der Waals surface area contributed by atoms with Crippen LogP contribution in [0.3, 0.4) is 0 Å². The van der Waals surface area contributed by atoms with E-state index < -0.39 is 17.9 Å². The average molecular weight is 308 g/mol. The van der Waals surface area contributed by atoms with Crippen LogP contribution in [0.25, 0.3) is 0 Å². The number of alkyl halides is 4. The molecule has 0 saturated heterocycles. The number of benzene rings is 1. The van der Waals surface area contributed by atoms with E-state index in [1.165, 1.54) is 6.07 Å². The molecule has 7 heteroatoms. The van der Waals surface area contributed by atoms with Gasteiger partial charge in [0.25, 0.3) is 0 Å². The third-order valence-electron chi connectivity index (χ3n) is 1.71. The molecular formula is C10H5BrF3NO2.